The van der Waals surface area contributed by atoms with Gasteiger partial charge in [0, 0.05) is 23.7 Å². The van der Waals surface area contributed by atoms with E-state index in [1.807, 2.05) is 94.6 Å². The lowest BCUT2D eigenvalue weighted by atomic mass is 10.0. The van der Waals surface area contributed by atoms with Crippen LogP contribution in [0, 0.1) is 0 Å². The first-order valence-electron chi connectivity index (χ1n) is 10.4. The monoisotopic (exact) mass is 444 g/mol. The zero-order valence-corrected chi connectivity index (χ0v) is 18.0. The van der Waals surface area contributed by atoms with Crippen molar-refractivity contribution in [1.29, 1.82) is 0 Å². The minimum atomic E-state index is 0.0200. The van der Waals surface area contributed by atoms with Gasteiger partial charge < -0.3 is 9.64 Å². The number of carbonyl (C=O) groups is 1. The van der Waals surface area contributed by atoms with Crippen LogP contribution in [0.1, 0.15) is 22.1 Å². The van der Waals surface area contributed by atoms with E-state index in [1.165, 1.54) is 0 Å². The molecule has 1 aliphatic rings. The summed E-state index contributed by atoms with van der Waals surface area (Å²) in [7, 11) is 0. The molecular weight excluding hydrogens is 424 g/mol. The number of rotatable bonds is 6. The van der Waals surface area contributed by atoms with E-state index in [0.717, 1.165) is 22.6 Å². The largest absolute Gasteiger partial charge is 0.487 e. The highest BCUT2D eigenvalue weighted by Gasteiger charge is 2.33. The Morgan fingerprint density at radius 1 is 0.969 bits per heavy atom. The van der Waals surface area contributed by atoms with Crippen molar-refractivity contribution in [2.75, 3.05) is 13.1 Å². The molecule has 1 fully saturated rings. The number of hydrogen-bond donors (Lipinski definition) is 0. The Labute approximate surface area is 191 Å². The van der Waals surface area contributed by atoms with Crippen LogP contribution < -0.4 is 4.74 Å². The molecule has 0 atom stereocenters. The van der Waals surface area contributed by atoms with Gasteiger partial charge in [0.15, 0.2) is 0 Å². The van der Waals surface area contributed by atoms with E-state index in [-0.39, 0.29) is 11.9 Å². The van der Waals surface area contributed by atoms with Crippen LogP contribution in [0.15, 0.2) is 85.1 Å². The second kappa shape index (κ2) is 8.85. The molecule has 0 unspecified atom stereocenters. The lowest BCUT2D eigenvalue weighted by Gasteiger charge is -2.38. The Morgan fingerprint density at radius 2 is 1.75 bits per heavy atom. The highest BCUT2D eigenvalue weighted by molar-refractivity contribution is 6.30. The molecule has 6 nitrogen and oxygen atoms in total. The van der Waals surface area contributed by atoms with Crippen molar-refractivity contribution >= 4 is 17.5 Å². The number of nitrogens with zero attached hydrogens (tertiary/aromatic N) is 4. The lowest BCUT2D eigenvalue weighted by molar-refractivity contribution is 0.0498. The second-order valence-corrected chi connectivity index (χ2v) is 8.18. The standard InChI is InChI=1S/C25H21ClN4O2/c26-21-6-4-5-20(13-21)18-9-11-19(12-10-18)25(31)29-15-23(16-29)30-14-22(27-28-30)17-32-24-7-2-1-3-8-24/h1-14,23H,15-17H2. The molecule has 0 N–H and O–H groups in total. The molecule has 4 aromatic rings. The summed E-state index contributed by atoms with van der Waals surface area (Å²) in [6.07, 6.45) is 1.88. The van der Waals surface area contributed by atoms with E-state index >= 15 is 0 Å². The van der Waals surface area contributed by atoms with Crippen LogP contribution in [0.3, 0.4) is 0 Å². The summed E-state index contributed by atoms with van der Waals surface area (Å²) < 4.78 is 7.53. The van der Waals surface area contributed by atoms with Crippen molar-refractivity contribution in [1.82, 2.24) is 19.9 Å². The zero-order chi connectivity index (χ0) is 21.9. The summed E-state index contributed by atoms with van der Waals surface area (Å²) in [4.78, 5) is 14.6. The van der Waals surface area contributed by atoms with Gasteiger partial charge in [0.1, 0.15) is 18.1 Å². The minimum Gasteiger partial charge on any atom is -0.487 e. The third-order valence-corrected chi connectivity index (χ3v) is 5.74. The summed E-state index contributed by atoms with van der Waals surface area (Å²) >= 11 is 6.08. The molecule has 1 saturated heterocycles. The molecular formula is C25H21ClN4O2. The van der Waals surface area contributed by atoms with E-state index in [0.29, 0.717) is 30.3 Å². The average Bonchev–Trinajstić information content (AvgIpc) is 3.26. The topological polar surface area (TPSA) is 60.2 Å². The van der Waals surface area contributed by atoms with Gasteiger partial charge >= 0.3 is 0 Å². The van der Waals surface area contributed by atoms with Crippen molar-refractivity contribution in [3.8, 4) is 16.9 Å². The number of aromatic nitrogens is 3. The highest BCUT2D eigenvalue weighted by Crippen LogP contribution is 2.26. The van der Waals surface area contributed by atoms with E-state index in [9.17, 15) is 4.79 Å². The van der Waals surface area contributed by atoms with E-state index in [2.05, 4.69) is 10.3 Å². The molecule has 2 heterocycles. The maximum absolute atomic E-state index is 12.8. The summed E-state index contributed by atoms with van der Waals surface area (Å²) in [6, 6.07) is 25.0. The normalized spacial score (nSPS) is 13.6. The predicted molar refractivity (Wildman–Crippen MR) is 123 cm³/mol. The number of benzene rings is 3. The number of ether oxygens (including phenoxy) is 1. The summed E-state index contributed by atoms with van der Waals surface area (Å²) in [6.45, 7) is 1.58. The maximum Gasteiger partial charge on any atom is 0.253 e. The SMILES string of the molecule is O=C(c1ccc(-c2cccc(Cl)c2)cc1)N1CC(n2cc(COc3ccccc3)nn2)C1. The van der Waals surface area contributed by atoms with Crippen LogP contribution in [0.25, 0.3) is 11.1 Å². The second-order valence-electron chi connectivity index (χ2n) is 7.74. The van der Waals surface area contributed by atoms with Gasteiger partial charge in [-0.2, -0.15) is 0 Å². The Balaban J connectivity index is 1.16. The average molecular weight is 445 g/mol. The van der Waals surface area contributed by atoms with Crippen molar-refractivity contribution in [3.63, 3.8) is 0 Å². The van der Waals surface area contributed by atoms with Crippen LogP contribution in [0.5, 0.6) is 5.75 Å². The molecule has 0 radical (unpaired) electrons. The van der Waals surface area contributed by atoms with Crippen LogP contribution in [0.2, 0.25) is 5.02 Å². The molecule has 160 valence electrons. The molecule has 0 spiro atoms. The zero-order valence-electron chi connectivity index (χ0n) is 17.3. The molecule has 1 aliphatic heterocycles. The van der Waals surface area contributed by atoms with E-state index in [4.69, 9.17) is 16.3 Å². The number of carbonyl (C=O) groups excluding carboxylic acids is 1. The molecule has 1 aromatic heterocycles. The van der Waals surface area contributed by atoms with E-state index in [1.54, 1.807) is 0 Å². The fourth-order valence-corrected chi connectivity index (χ4v) is 3.87. The molecule has 32 heavy (non-hydrogen) atoms. The Hall–Kier alpha value is -3.64. The van der Waals surface area contributed by atoms with Gasteiger partial charge in [-0.25, -0.2) is 4.68 Å². The Morgan fingerprint density at radius 3 is 2.50 bits per heavy atom. The fraction of sp³-hybridized carbons (Fsp3) is 0.160. The maximum atomic E-state index is 12.8. The van der Waals surface area contributed by atoms with Gasteiger partial charge in [-0.3, -0.25) is 4.79 Å². The molecule has 0 saturated carbocycles. The summed E-state index contributed by atoms with van der Waals surface area (Å²) in [5.41, 5.74) is 3.48. The molecule has 3 aromatic carbocycles. The number of para-hydroxylation sites is 1. The van der Waals surface area contributed by atoms with Crippen molar-refractivity contribution in [3.05, 3.63) is 101 Å². The Bertz CT molecular complexity index is 1220. The van der Waals surface area contributed by atoms with Crippen LogP contribution in [-0.4, -0.2) is 38.9 Å². The summed E-state index contributed by atoms with van der Waals surface area (Å²) in [5, 5.41) is 9.08. The fourth-order valence-electron chi connectivity index (χ4n) is 3.68. The number of amides is 1. The minimum absolute atomic E-state index is 0.0200. The van der Waals surface area contributed by atoms with Gasteiger partial charge in [0.25, 0.3) is 5.91 Å². The van der Waals surface area contributed by atoms with Crippen molar-refractivity contribution in [2.45, 2.75) is 12.6 Å². The van der Waals surface area contributed by atoms with Gasteiger partial charge in [0.05, 0.1) is 12.2 Å². The third-order valence-electron chi connectivity index (χ3n) is 5.50. The number of likely N-dealkylation sites (tertiary alicyclic amines) is 1. The van der Waals surface area contributed by atoms with Gasteiger partial charge in [-0.1, -0.05) is 59.3 Å². The highest BCUT2D eigenvalue weighted by atomic mass is 35.5. The van der Waals surface area contributed by atoms with Crippen molar-refractivity contribution in [2.24, 2.45) is 0 Å². The van der Waals surface area contributed by atoms with E-state index < -0.39 is 0 Å². The predicted octanol–water partition coefficient (Wildman–Crippen LogP) is 4.87. The molecule has 5 rings (SSSR count). The van der Waals surface area contributed by atoms with Crippen LogP contribution >= 0.6 is 11.6 Å². The molecule has 7 heteroatoms. The van der Waals surface area contributed by atoms with Crippen LogP contribution in [-0.2, 0) is 6.61 Å². The van der Waals surface area contributed by atoms with Crippen molar-refractivity contribution < 1.29 is 9.53 Å². The molecule has 1 amide bonds. The van der Waals surface area contributed by atoms with Gasteiger partial charge in [0.2, 0.25) is 0 Å². The summed E-state index contributed by atoms with van der Waals surface area (Å²) in [5.74, 6) is 0.815. The third kappa shape index (κ3) is 4.36. The van der Waals surface area contributed by atoms with Gasteiger partial charge in [-0.05, 0) is 47.5 Å². The smallest absolute Gasteiger partial charge is 0.253 e. The molecule has 0 aliphatic carbocycles. The first-order chi connectivity index (χ1) is 15.7. The first-order valence-corrected chi connectivity index (χ1v) is 10.8. The molecule has 0 bridgehead atoms. The van der Waals surface area contributed by atoms with Crippen LogP contribution in [0.4, 0.5) is 0 Å². The van der Waals surface area contributed by atoms with Gasteiger partial charge in [-0.15, -0.1) is 5.10 Å². The first kappa shape index (κ1) is 20.3. The number of halogens is 1. The quantitative estimate of drug-likeness (QED) is 0.425. The Kier molecular flexibility index (Phi) is 5.60. The lowest BCUT2D eigenvalue weighted by Crippen LogP contribution is -2.50. The number of hydrogen-bond acceptors (Lipinski definition) is 4.